The molecule has 1 fully saturated rings. The van der Waals surface area contributed by atoms with E-state index >= 15 is 4.39 Å². The Bertz CT molecular complexity index is 2110. The summed E-state index contributed by atoms with van der Waals surface area (Å²) in [6.45, 7) is 0.168. The summed E-state index contributed by atoms with van der Waals surface area (Å²) >= 11 is 5.88. The Morgan fingerprint density at radius 2 is 1.86 bits per heavy atom. The smallest absolute Gasteiger partial charge is 0.465 e. The first kappa shape index (κ1) is 35.8. The van der Waals surface area contributed by atoms with E-state index in [0.717, 1.165) is 10.9 Å². The fourth-order valence-electron chi connectivity index (χ4n) is 5.10. The largest absolute Gasteiger partial charge is 0.756 e. The number of ether oxygens (including phenoxy) is 2. The maximum atomic E-state index is 15.3. The van der Waals surface area contributed by atoms with Crippen LogP contribution in [-0.4, -0.2) is 61.6 Å². The number of imidazole rings is 1. The van der Waals surface area contributed by atoms with Gasteiger partial charge in [0.2, 0.25) is 5.28 Å². The van der Waals surface area contributed by atoms with Crippen LogP contribution in [0.5, 0.6) is 5.75 Å². The lowest BCUT2D eigenvalue weighted by atomic mass is 10.1. The van der Waals surface area contributed by atoms with E-state index in [4.69, 9.17) is 40.2 Å². The first-order valence-electron chi connectivity index (χ1n) is 14.9. The number of alkyl halides is 1. The van der Waals surface area contributed by atoms with E-state index in [-0.39, 0.29) is 34.6 Å². The summed E-state index contributed by atoms with van der Waals surface area (Å²) < 4.78 is 70.1. The van der Waals surface area contributed by atoms with Gasteiger partial charge in [-0.3, -0.25) is 13.9 Å². The van der Waals surface area contributed by atoms with Crippen molar-refractivity contribution in [2.45, 2.75) is 44.2 Å². The quantitative estimate of drug-likeness (QED) is 0.0871. The number of fused-ring (bicyclic) bond motifs is 2. The Morgan fingerprint density at radius 1 is 1.14 bits per heavy atom. The van der Waals surface area contributed by atoms with E-state index in [2.05, 4.69) is 20.0 Å². The minimum Gasteiger partial charge on any atom is -0.756 e. The average molecular weight is 750 g/mol. The van der Waals surface area contributed by atoms with Crippen LogP contribution in [0, 0.1) is 0 Å². The lowest BCUT2D eigenvalue weighted by Gasteiger charge is -2.30. The normalized spacial score (nSPS) is 22.2. The number of rotatable bonds is 13. The van der Waals surface area contributed by atoms with E-state index in [1.165, 1.54) is 13.0 Å². The first-order valence-corrected chi connectivity index (χ1v) is 18.3. The molecule has 3 heterocycles. The van der Waals surface area contributed by atoms with Crippen LogP contribution < -0.4 is 20.2 Å². The number of nitrogens with zero attached hydrogens (tertiary/aromatic N) is 4. The van der Waals surface area contributed by atoms with Crippen LogP contribution >= 0.6 is 27.2 Å². The number of phosphoric acid groups is 1. The fraction of sp³-hybridized carbons (Fsp3) is 0.267. The lowest BCUT2D eigenvalue weighted by molar-refractivity contribution is -0.220. The average Bonchev–Trinajstić information content (AvgIpc) is 3.62. The van der Waals surface area contributed by atoms with Crippen LogP contribution in [0.2, 0.25) is 5.28 Å². The molecule has 3 unspecified atom stereocenters. The zero-order valence-corrected chi connectivity index (χ0v) is 28.5. The Kier molecular flexibility index (Phi) is 10.5. The monoisotopic (exact) mass is 749 g/mol. The number of aliphatic hydroxyl groups excluding tert-OH is 1. The zero-order chi connectivity index (χ0) is 35.6. The molecule has 20 heteroatoms. The summed E-state index contributed by atoms with van der Waals surface area (Å²) in [4.78, 5) is 37.8. The van der Waals surface area contributed by atoms with Gasteiger partial charge in [-0.05, 0) is 35.5 Å². The zero-order valence-electron chi connectivity index (χ0n) is 25.9. The number of nitrogens with two attached hydrogens (primary N) is 1. The van der Waals surface area contributed by atoms with Crippen molar-refractivity contribution >= 4 is 60.9 Å². The van der Waals surface area contributed by atoms with Gasteiger partial charge in [-0.15, -0.1) is 0 Å². The van der Waals surface area contributed by atoms with Crippen LogP contribution in [0.15, 0.2) is 79.1 Å². The molecule has 16 nitrogen and oxygen atoms in total. The Morgan fingerprint density at radius 3 is 2.64 bits per heavy atom. The summed E-state index contributed by atoms with van der Waals surface area (Å²) in [5, 5.41) is 13.7. The fourth-order valence-corrected chi connectivity index (χ4v) is 8.21. The third-order valence-corrected chi connectivity index (χ3v) is 10.9. The van der Waals surface area contributed by atoms with Gasteiger partial charge in [0.05, 0.1) is 12.9 Å². The van der Waals surface area contributed by atoms with Crippen LogP contribution in [0.4, 0.5) is 10.2 Å². The highest BCUT2D eigenvalue weighted by Gasteiger charge is 2.47. The molecule has 3 aromatic carbocycles. The molecule has 50 heavy (non-hydrogen) atoms. The molecule has 0 spiro atoms. The van der Waals surface area contributed by atoms with Crippen molar-refractivity contribution in [3.8, 4) is 5.75 Å². The van der Waals surface area contributed by atoms with Gasteiger partial charge in [-0.2, -0.15) is 15.1 Å². The number of esters is 1. The molecule has 7 atom stereocenters. The number of aromatic nitrogens is 4. The molecule has 0 saturated carbocycles. The molecule has 1 saturated heterocycles. The van der Waals surface area contributed by atoms with Crippen molar-refractivity contribution in [2.24, 2.45) is 0 Å². The molecule has 0 amide bonds. The molecule has 5 aromatic rings. The second-order valence-electron chi connectivity index (χ2n) is 11.0. The van der Waals surface area contributed by atoms with Crippen LogP contribution in [0.1, 0.15) is 18.7 Å². The minimum atomic E-state index is -5.63. The van der Waals surface area contributed by atoms with Gasteiger partial charge in [0.25, 0.3) is 7.82 Å². The van der Waals surface area contributed by atoms with Crippen LogP contribution in [0.25, 0.3) is 21.9 Å². The summed E-state index contributed by atoms with van der Waals surface area (Å²) in [5.74, 6) is -1.03. The molecular formula is C30H29ClFN6O10P2-. The van der Waals surface area contributed by atoms with Crippen molar-refractivity contribution in [1.29, 1.82) is 0 Å². The van der Waals surface area contributed by atoms with E-state index in [9.17, 15) is 23.9 Å². The summed E-state index contributed by atoms with van der Waals surface area (Å²) in [5.41, 5.74) is 6.56. The molecule has 0 aliphatic carbocycles. The molecule has 264 valence electrons. The number of nitrogens with one attached hydrogen (secondary N) is 1. The predicted molar refractivity (Wildman–Crippen MR) is 175 cm³/mol. The van der Waals surface area contributed by atoms with Gasteiger partial charge in [0, 0.05) is 5.39 Å². The Balaban J connectivity index is 1.18. The highest BCUT2D eigenvalue weighted by atomic mass is 35.5. The molecular weight excluding hydrogens is 721 g/mol. The molecule has 6 rings (SSSR count). The molecule has 2 aromatic heterocycles. The number of anilines is 1. The summed E-state index contributed by atoms with van der Waals surface area (Å²) in [7, 11) is -10.7. The van der Waals surface area contributed by atoms with Gasteiger partial charge in [-0.1, -0.05) is 66.7 Å². The third kappa shape index (κ3) is 7.97. The Hall–Kier alpha value is -4.02. The maximum Gasteiger partial charge on any atom is 0.465 e. The highest BCUT2D eigenvalue weighted by molar-refractivity contribution is 7.63. The van der Waals surface area contributed by atoms with E-state index in [1.807, 2.05) is 0 Å². The van der Waals surface area contributed by atoms with Crippen molar-refractivity contribution in [1.82, 2.24) is 24.6 Å². The van der Waals surface area contributed by atoms with Crippen molar-refractivity contribution in [3.63, 3.8) is 0 Å². The van der Waals surface area contributed by atoms with Gasteiger partial charge >= 0.3 is 13.7 Å². The van der Waals surface area contributed by atoms with Crippen LogP contribution in [-0.2, 0) is 38.8 Å². The van der Waals surface area contributed by atoms with Gasteiger partial charge in [0.15, 0.2) is 23.9 Å². The number of carbonyl (C=O) groups excluding carboxylic acids is 1. The number of hydrogen-bond donors (Lipinski definition) is 3. The van der Waals surface area contributed by atoms with E-state index in [0.29, 0.717) is 16.3 Å². The van der Waals surface area contributed by atoms with Crippen molar-refractivity contribution < 1.29 is 51.1 Å². The molecule has 0 bridgehead atoms. The summed E-state index contributed by atoms with van der Waals surface area (Å²) in [6.07, 6.45) is -6.01. The second-order valence-corrected chi connectivity index (χ2v) is 14.6. The number of aliphatic hydroxyl groups is 1. The maximum absolute atomic E-state index is 15.3. The molecule has 1 aliphatic rings. The van der Waals surface area contributed by atoms with Gasteiger partial charge in [0.1, 0.15) is 36.1 Å². The van der Waals surface area contributed by atoms with Gasteiger partial charge in [-0.25, -0.2) is 18.3 Å². The topological polar surface area (TPSA) is 222 Å². The standard InChI is InChI=1S/C30H30ClFN6O10P2/c1-17(29(40)44-14-18-8-3-2-4-9-18)37-49(41,47-21-13-7-11-19-10-5-6-12-20(19)21)48-50(42,43)45-15-22-25(39)23(32)28(46-22)38-16-34-24-26(33)35-30(31)36-27(24)38/h2-13,16-17,22-23,25,28,39H,14-15H2,1H3,(H,37,41)(H,42,43)(H2,33,35,36)/p-1/t17-,22+,23+,25?,28+,49?/m0/s1. The number of nitrogen functional groups attached to an aromatic ring is 1. The van der Waals surface area contributed by atoms with E-state index in [1.54, 1.807) is 66.7 Å². The van der Waals surface area contributed by atoms with Crippen LogP contribution in [0.3, 0.4) is 0 Å². The second kappa shape index (κ2) is 14.7. The lowest BCUT2D eigenvalue weighted by Crippen LogP contribution is -2.35. The van der Waals surface area contributed by atoms with Crippen molar-refractivity contribution in [3.05, 3.63) is 90.0 Å². The first-order chi connectivity index (χ1) is 23.8. The number of hydrogen-bond acceptors (Lipinski definition) is 14. The molecule has 1 aliphatic heterocycles. The molecule has 4 N–H and O–H groups in total. The number of carbonyl (C=O) groups is 1. The highest BCUT2D eigenvalue weighted by Crippen LogP contribution is 2.59. The number of benzene rings is 3. The Labute approximate surface area is 288 Å². The number of halogens is 2. The van der Waals surface area contributed by atoms with Gasteiger partial charge < -0.3 is 34.3 Å². The number of phosphoric ester groups is 1. The third-order valence-electron chi connectivity index (χ3n) is 7.49. The minimum absolute atomic E-state index is 0.00393. The van der Waals surface area contributed by atoms with Crippen molar-refractivity contribution in [2.75, 3.05) is 12.3 Å². The van der Waals surface area contributed by atoms with E-state index < -0.39 is 58.8 Å². The molecule has 0 radical (unpaired) electrons. The SMILES string of the molecule is C[C@H](NP(=O)(Oc1cccc2ccccc12)OP(=O)([O-])OC[C@H]1O[C@@H](n2cnc3c(N)nc(Cl)nc32)[C@H](F)C1O)C(=O)OCc1ccccc1. The summed E-state index contributed by atoms with van der Waals surface area (Å²) in [6, 6.07) is 18.9. The predicted octanol–water partition coefficient (Wildman–Crippen LogP) is 4.22.